The number of rotatable bonds is 3. The first kappa shape index (κ1) is 21.6. The van der Waals surface area contributed by atoms with E-state index in [-0.39, 0.29) is 28.6 Å². The molecular weight excluding hydrogens is 406 g/mol. The first-order chi connectivity index (χ1) is 15.2. The van der Waals surface area contributed by atoms with Crippen LogP contribution in [0.3, 0.4) is 0 Å². The Morgan fingerprint density at radius 1 is 1.03 bits per heavy atom. The third kappa shape index (κ3) is 3.29. The topological polar surface area (TPSA) is 86.5 Å². The summed E-state index contributed by atoms with van der Waals surface area (Å²) >= 11 is 0. The molecule has 32 heavy (non-hydrogen) atoms. The minimum absolute atomic E-state index is 0.0284. The van der Waals surface area contributed by atoms with Crippen molar-refractivity contribution in [2.75, 3.05) is 0 Å². The highest BCUT2D eigenvalue weighted by Crippen LogP contribution is 2.65. The van der Waals surface area contributed by atoms with Gasteiger partial charge in [-0.3, -0.25) is 14.9 Å². The lowest BCUT2D eigenvalue weighted by molar-refractivity contribution is -0.384. The molecule has 0 heterocycles. The molecule has 4 aliphatic carbocycles. The number of benzene rings is 1. The summed E-state index contributed by atoms with van der Waals surface area (Å²) in [5, 5.41) is 10.8. The Kier molecular flexibility index (Phi) is 5.18. The molecule has 1 aromatic carbocycles. The van der Waals surface area contributed by atoms with Crippen molar-refractivity contribution in [3.05, 3.63) is 39.9 Å². The summed E-state index contributed by atoms with van der Waals surface area (Å²) in [5.74, 6) is 2.56. The number of hydrogen-bond donors (Lipinski definition) is 0. The highest BCUT2D eigenvalue weighted by Gasteiger charge is 2.60. The van der Waals surface area contributed by atoms with Gasteiger partial charge in [-0.1, -0.05) is 13.8 Å². The van der Waals surface area contributed by atoms with Crippen LogP contribution in [-0.2, 0) is 9.53 Å². The molecule has 0 spiro atoms. The molecule has 0 unspecified atom stereocenters. The molecule has 7 atom stereocenters. The summed E-state index contributed by atoms with van der Waals surface area (Å²) < 4.78 is 5.85. The Balaban J connectivity index is 1.25. The number of ketones is 1. The van der Waals surface area contributed by atoms with Crippen LogP contribution >= 0.6 is 0 Å². The third-order valence-corrected chi connectivity index (χ3v) is 9.91. The molecule has 4 fully saturated rings. The number of fused-ring (bicyclic) bond motifs is 5. The van der Waals surface area contributed by atoms with E-state index in [1.807, 2.05) is 0 Å². The van der Waals surface area contributed by atoms with Crippen LogP contribution in [0, 0.1) is 44.6 Å². The van der Waals surface area contributed by atoms with Gasteiger partial charge in [0.05, 0.1) is 10.5 Å². The van der Waals surface area contributed by atoms with Gasteiger partial charge in [-0.15, -0.1) is 0 Å². The zero-order chi connectivity index (χ0) is 22.7. The van der Waals surface area contributed by atoms with Crippen LogP contribution in [-0.4, -0.2) is 22.8 Å². The standard InChI is InChI=1S/C26H33NO5/c1-25-13-11-19(32-24(29)16-3-6-18(7-4-16)27(30)31)15-17(25)5-8-20-21-9-10-23(28)26(21,2)14-12-22(20)25/h3-4,6-7,17,19-22H,5,8-15H2,1-2H3/t17-,19+,20-,21-,22-,25-,26-/m0/s1. The SMILES string of the molecule is C[C@]12CC[C@@H](OC(=O)c3ccc([N+](=O)[O-])cc3)C[C@@H]1CC[C@@H]1[C@@H]2CC[C@]2(C)C(=O)CC[C@@H]12. The highest BCUT2D eigenvalue weighted by atomic mass is 16.6. The van der Waals surface area contributed by atoms with Crippen molar-refractivity contribution in [2.24, 2.45) is 34.5 Å². The molecule has 0 bridgehead atoms. The van der Waals surface area contributed by atoms with Crippen LogP contribution in [0.2, 0.25) is 0 Å². The van der Waals surface area contributed by atoms with Crippen LogP contribution in [0.25, 0.3) is 0 Å². The van der Waals surface area contributed by atoms with Gasteiger partial charge in [-0.25, -0.2) is 4.79 Å². The van der Waals surface area contributed by atoms with Gasteiger partial charge in [0.25, 0.3) is 5.69 Å². The number of nitro benzene ring substituents is 1. The number of carbonyl (C=O) groups excluding carboxylic acids is 2. The van der Waals surface area contributed by atoms with Crippen molar-refractivity contribution in [3.8, 4) is 0 Å². The summed E-state index contributed by atoms with van der Waals surface area (Å²) in [7, 11) is 0. The minimum Gasteiger partial charge on any atom is -0.459 e. The fourth-order valence-electron chi connectivity index (χ4n) is 8.04. The third-order valence-electron chi connectivity index (χ3n) is 9.91. The molecule has 1 aromatic rings. The maximum Gasteiger partial charge on any atom is 0.338 e. The highest BCUT2D eigenvalue weighted by molar-refractivity contribution is 5.89. The molecular formula is C26H33NO5. The van der Waals surface area contributed by atoms with E-state index in [4.69, 9.17) is 4.74 Å². The number of nitro groups is 1. The fraction of sp³-hybridized carbons (Fsp3) is 0.692. The van der Waals surface area contributed by atoms with Gasteiger partial charge in [-0.05, 0) is 92.6 Å². The number of hydrogen-bond acceptors (Lipinski definition) is 5. The molecule has 0 saturated heterocycles. The second kappa shape index (κ2) is 7.67. The van der Waals surface area contributed by atoms with Crippen LogP contribution < -0.4 is 0 Å². The Labute approximate surface area is 189 Å². The van der Waals surface area contributed by atoms with Gasteiger partial charge < -0.3 is 4.74 Å². The average Bonchev–Trinajstić information content (AvgIpc) is 3.08. The summed E-state index contributed by atoms with van der Waals surface area (Å²) in [6.45, 7) is 4.69. The first-order valence-electron chi connectivity index (χ1n) is 12.2. The lowest BCUT2D eigenvalue weighted by Gasteiger charge is -2.60. The Morgan fingerprint density at radius 2 is 1.78 bits per heavy atom. The van der Waals surface area contributed by atoms with E-state index in [0.29, 0.717) is 35.0 Å². The maximum absolute atomic E-state index is 12.6. The molecule has 6 nitrogen and oxygen atoms in total. The monoisotopic (exact) mass is 439 g/mol. The molecule has 4 saturated carbocycles. The Morgan fingerprint density at radius 3 is 2.50 bits per heavy atom. The molecule has 5 rings (SSSR count). The summed E-state index contributed by atoms with van der Waals surface area (Å²) in [6, 6.07) is 5.64. The number of esters is 1. The average molecular weight is 440 g/mol. The zero-order valence-electron chi connectivity index (χ0n) is 19.0. The maximum atomic E-state index is 12.6. The molecule has 172 valence electrons. The second-order valence-electron chi connectivity index (χ2n) is 11.2. The Bertz CT molecular complexity index is 942. The van der Waals surface area contributed by atoms with Gasteiger partial charge in [0.15, 0.2) is 0 Å². The predicted molar refractivity (Wildman–Crippen MR) is 119 cm³/mol. The lowest BCUT2D eigenvalue weighted by Crippen LogP contribution is -2.54. The second-order valence-corrected chi connectivity index (χ2v) is 11.2. The quantitative estimate of drug-likeness (QED) is 0.341. The normalized spacial score (nSPS) is 40.7. The van der Waals surface area contributed by atoms with Gasteiger partial charge in [-0.2, -0.15) is 0 Å². The minimum atomic E-state index is -0.470. The largest absolute Gasteiger partial charge is 0.459 e. The Hall–Kier alpha value is -2.24. The zero-order valence-corrected chi connectivity index (χ0v) is 19.0. The van der Waals surface area contributed by atoms with E-state index in [1.165, 1.54) is 30.7 Å². The van der Waals surface area contributed by atoms with E-state index in [9.17, 15) is 19.7 Å². The first-order valence-corrected chi connectivity index (χ1v) is 12.2. The smallest absolute Gasteiger partial charge is 0.338 e. The number of nitrogens with zero attached hydrogens (tertiary/aromatic N) is 1. The van der Waals surface area contributed by atoms with Crippen LogP contribution in [0.4, 0.5) is 5.69 Å². The van der Waals surface area contributed by atoms with Crippen molar-refractivity contribution >= 4 is 17.4 Å². The van der Waals surface area contributed by atoms with Gasteiger partial charge in [0.2, 0.25) is 0 Å². The van der Waals surface area contributed by atoms with Crippen LogP contribution in [0.1, 0.15) is 82.0 Å². The van der Waals surface area contributed by atoms with Crippen LogP contribution in [0.15, 0.2) is 24.3 Å². The van der Waals surface area contributed by atoms with Crippen molar-refractivity contribution in [2.45, 2.75) is 77.7 Å². The number of ether oxygens (including phenoxy) is 1. The summed E-state index contributed by atoms with van der Waals surface area (Å²) in [4.78, 5) is 35.6. The van der Waals surface area contributed by atoms with Crippen LogP contribution in [0.5, 0.6) is 0 Å². The van der Waals surface area contributed by atoms with E-state index in [2.05, 4.69) is 13.8 Å². The van der Waals surface area contributed by atoms with Gasteiger partial charge in [0, 0.05) is 24.0 Å². The van der Waals surface area contributed by atoms with E-state index in [0.717, 1.165) is 51.4 Å². The number of non-ortho nitro benzene ring substituents is 1. The molecule has 0 aromatic heterocycles. The number of carbonyl (C=O) groups is 2. The van der Waals surface area contributed by atoms with Crippen molar-refractivity contribution in [3.63, 3.8) is 0 Å². The van der Waals surface area contributed by atoms with E-state index < -0.39 is 4.92 Å². The molecule has 0 radical (unpaired) electrons. The molecule has 6 heteroatoms. The van der Waals surface area contributed by atoms with Gasteiger partial charge in [0.1, 0.15) is 11.9 Å². The lowest BCUT2D eigenvalue weighted by atomic mass is 9.45. The summed E-state index contributed by atoms with van der Waals surface area (Å²) in [6.07, 6.45) is 9.14. The van der Waals surface area contributed by atoms with Crippen molar-refractivity contribution in [1.82, 2.24) is 0 Å². The predicted octanol–water partition coefficient (Wildman–Crippen LogP) is 5.73. The molecule has 0 amide bonds. The van der Waals surface area contributed by atoms with Crippen molar-refractivity contribution in [1.29, 1.82) is 0 Å². The van der Waals surface area contributed by atoms with Crippen molar-refractivity contribution < 1.29 is 19.2 Å². The molecule has 4 aliphatic rings. The fourth-order valence-corrected chi connectivity index (χ4v) is 8.04. The van der Waals surface area contributed by atoms with E-state index in [1.54, 1.807) is 0 Å². The molecule has 0 N–H and O–H groups in total. The molecule has 0 aliphatic heterocycles. The van der Waals surface area contributed by atoms with E-state index >= 15 is 0 Å². The van der Waals surface area contributed by atoms with Gasteiger partial charge >= 0.3 is 5.97 Å². The summed E-state index contributed by atoms with van der Waals surface area (Å²) in [5.41, 5.74) is 0.526. The number of Topliss-reactive ketones (excluding diaryl/α,β-unsaturated/α-hetero) is 1.